The van der Waals surface area contributed by atoms with Crippen LogP contribution in [-0.2, 0) is 26.2 Å². The molecule has 0 aliphatic heterocycles. The number of benzene rings is 6. The van der Waals surface area contributed by atoms with E-state index in [2.05, 4.69) is 173 Å². The van der Waals surface area contributed by atoms with E-state index in [-0.39, 0.29) is 26.2 Å². The van der Waals surface area contributed by atoms with Crippen LogP contribution in [0, 0.1) is 13.8 Å². The van der Waals surface area contributed by atoms with E-state index in [9.17, 15) is 0 Å². The van der Waals surface area contributed by atoms with Crippen molar-refractivity contribution in [3.05, 3.63) is 157 Å². The van der Waals surface area contributed by atoms with Crippen LogP contribution in [0.5, 0.6) is 0 Å². The molecular formula is C42H36SiZr. The van der Waals surface area contributed by atoms with Gasteiger partial charge in [-0.1, -0.05) is 109 Å². The molecule has 212 valence electrons. The molecule has 0 spiro atoms. The van der Waals surface area contributed by atoms with Crippen LogP contribution in [0.1, 0.15) is 11.1 Å². The van der Waals surface area contributed by atoms with E-state index in [0.29, 0.717) is 0 Å². The molecule has 0 heterocycles. The molecule has 0 nitrogen and oxygen atoms in total. The first kappa shape index (κ1) is 31.6. The fraction of sp³-hybridized carbons (Fsp3) is 0.0952. The molecule has 2 radical (unpaired) electrons. The molecule has 0 bridgehead atoms. The van der Waals surface area contributed by atoms with Crippen LogP contribution in [0.25, 0.3) is 65.3 Å². The zero-order valence-corrected chi connectivity index (χ0v) is 29.3. The van der Waals surface area contributed by atoms with Crippen molar-refractivity contribution >= 4 is 52.6 Å². The first-order valence-corrected chi connectivity index (χ1v) is 17.0. The van der Waals surface area contributed by atoms with Crippen LogP contribution in [0.15, 0.2) is 146 Å². The summed E-state index contributed by atoms with van der Waals surface area (Å²) in [6.45, 7) is 8.70. The topological polar surface area (TPSA) is 0 Å². The van der Waals surface area contributed by atoms with E-state index >= 15 is 0 Å². The van der Waals surface area contributed by atoms with Gasteiger partial charge in [0.25, 0.3) is 0 Å². The van der Waals surface area contributed by atoms with Gasteiger partial charge in [0.15, 0.2) is 0 Å². The Morgan fingerprint density at radius 3 is 1.27 bits per heavy atom. The molecule has 8 aromatic carbocycles. The van der Waals surface area contributed by atoms with Crippen LogP contribution in [0.3, 0.4) is 0 Å². The molecular weight excluding hydrogens is 624 g/mol. The Kier molecular flexibility index (Phi) is 10.3. The fourth-order valence-electron chi connectivity index (χ4n) is 6.24. The van der Waals surface area contributed by atoms with Gasteiger partial charge in [0.2, 0.25) is 0 Å². The van der Waals surface area contributed by atoms with Gasteiger partial charge in [-0.05, 0) is 57.6 Å². The fourth-order valence-corrected chi connectivity index (χ4v) is 6.24. The van der Waals surface area contributed by atoms with E-state index in [1.54, 1.807) is 0 Å². The molecule has 8 rings (SSSR count). The number of fused-ring (bicyclic) bond motifs is 4. The second-order valence-electron chi connectivity index (χ2n) is 11.1. The quantitative estimate of drug-likeness (QED) is 0.128. The first-order chi connectivity index (χ1) is 21.1. The van der Waals surface area contributed by atoms with Crippen LogP contribution in [0.2, 0.25) is 13.1 Å². The third kappa shape index (κ3) is 6.20. The summed E-state index contributed by atoms with van der Waals surface area (Å²) in [5.41, 5.74) is 8.05. The van der Waals surface area contributed by atoms with Gasteiger partial charge in [0.05, 0.1) is 0 Å². The summed E-state index contributed by atoms with van der Waals surface area (Å²) in [5, 5.41) is 10.6. The van der Waals surface area contributed by atoms with Crippen molar-refractivity contribution in [2.24, 2.45) is 0 Å². The molecule has 0 unspecified atom stereocenters. The summed E-state index contributed by atoms with van der Waals surface area (Å²) in [5.74, 6) is 0. The summed E-state index contributed by atoms with van der Waals surface area (Å²) in [6.07, 6.45) is 0. The van der Waals surface area contributed by atoms with Crippen molar-refractivity contribution < 1.29 is 26.2 Å². The molecule has 0 N–H and O–H groups in total. The predicted molar refractivity (Wildman–Crippen MR) is 192 cm³/mol. The van der Waals surface area contributed by atoms with Crippen LogP contribution >= 0.6 is 0 Å². The van der Waals surface area contributed by atoms with E-state index in [4.69, 9.17) is 0 Å². The van der Waals surface area contributed by atoms with Crippen molar-refractivity contribution in [2.45, 2.75) is 26.9 Å². The standard InChI is InChI=1S/2C20H15.C2H6Si.Zr/c2*1-14-12-13-16-6-2-3-9-18(16)20(14)19-11-5-8-15-7-4-10-17(15)19;1-3-2;/h2*2-13H,1H3;1-2H3;/q2*-1;;+2. The molecule has 0 aliphatic carbocycles. The molecule has 8 aromatic rings. The maximum atomic E-state index is 2.23. The zero-order chi connectivity index (χ0) is 29.8. The Labute approximate surface area is 283 Å². The maximum Gasteiger partial charge on any atom is 2.00 e. The summed E-state index contributed by atoms with van der Waals surface area (Å²) < 4.78 is 0. The minimum Gasteiger partial charge on any atom is -0.168 e. The molecule has 0 amide bonds. The minimum absolute atomic E-state index is 0. The van der Waals surface area contributed by atoms with Gasteiger partial charge < -0.3 is 0 Å². The van der Waals surface area contributed by atoms with Crippen molar-refractivity contribution in [3.8, 4) is 22.3 Å². The average molecular weight is 660 g/mol. The van der Waals surface area contributed by atoms with E-state index < -0.39 is 0 Å². The van der Waals surface area contributed by atoms with Gasteiger partial charge in [0.1, 0.15) is 0 Å². The van der Waals surface area contributed by atoms with Crippen LogP contribution < -0.4 is 0 Å². The number of aryl methyl sites for hydroxylation is 2. The maximum absolute atomic E-state index is 2.23. The Hall–Kier alpha value is -3.84. The molecule has 0 saturated carbocycles. The third-order valence-electron chi connectivity index (χ3n) is 8.17. The Bertz CT molecular complexity index is 2010. The minimum atomic E-state index is 0. The molecule has 44 heavy (non-hydrogen) atoms. The van der Waals surface area contributed by atoms with Gasteiger partial charge in [-0.3, -0.25) is 0 Å². The number of hydrogen-bond acceptors (Lipinski definition) is 0. The van der Waals surface area contributed by atoms with Gasteiger partial charge in [0, 0.05) is 9.52 Å². The van der Waals surface area contributed by atoms with Crippen molar-refractivity contribution in [2.75, 3.05) is 0 Å². The second-order valence-corrected chi connectivity index (χ2v) is 12.1. The van der Waals surface area contributed by atoms with E-state index in [1.807, 2.05) is 0 Å². The Balaban J connectivity index is 0.000000157. The van der Waals surface area contributed by atoms with Gasteiger partial charge in [-0.2, -0.15) is 24.3 Å². The van der Waals surface area contributed by atoms with Crippen molar-refractivity contribution in [1.82, 2.24) is 0 Å². The van der Waals surface area contributed by atoms with Crippen molar-refractivity contribution in [3.63, 3.8) is 0 Å². The molecule has 0 fully saturated rings. The van der Waals surface area contributed by atoms with E-state index in [0.717, 1.165) is 9.52 Å². The SMILES string of the molecule is C[Si]C.Cc1ccc2ccccc2c1-c1cccc2[cH-]ccc12.Cc1ccc2ccccc2c1-c1cccc2[cH-]ccc12.[Zr+2]. The van der Waals surface area contributed by atoms with Crippen molar-refractivity contribution in [1.29, 1.82) is 0 Å². The number of rotatable bonds is 2. The Morgan fingerprint density at radius 2 is 0.841 bits per heavy atom. The van der Waals surface area contributed by atoms with E-state index in [1.165, 1.54) is 76.5 Å². The smallest absolute Gasteiger partial charge is 0.168 e. The molecule has 0 saturated heterocycles. The summed E-state index contributed by atoms with van der Waals surface area (Å²) in [7, 11) is 1.08. The molecule has 2 heteroatoms. The van der Waals surface area contributed by atoms with Crippen LogP contribution in [-0.4, -0.2) is 9.52 Å². The average Bonchev–Trinajstić information content (AvgIpc) is 3.72. The number of hydrogen-bond donors (Lipinski definition) is 0. The van der Waals surface area contributed by atoms with Crippen LogP contribution in [0.4, 0.5) is 0 Å². The Morgan fingerprint density at radius 1 is 0.432 bits per heavy atom. The molecule has 0 aromatic heterocycles. The summed E-state index contributed by atoms with van der Waals surface area (Å²) in [6, 6.07) is 52.3. The summed E-state index contributed by atoms with van der Waals surface area (Å²) in [4.78, 5) is 0. The molecule has 0 atom stereocenters. The monoisotopic (exact) mass is 658 g/mol. The normalized spacial score (nSPS) is 10.6. The molecule has 0 aliphatic rings. The summed E-state index contributed by atoms with van der Waals surface area (Å²) >= 11 is 0. The predicted octanol–water partition coefficient (Wildman–Crippen LogP) is 12.2. The van der Waals surface area contributed by atoms with Gasteiger partial charge in [-0.15, -0.1) is 57.9 Å². The third-order valence-corrected chi connectivity index (χ3v) is 8.17. The second kappa shape index (κ2) is 14.3. The first-order valence-electron chi connectivity index (χ1n) is 15.0. The van der Waals surface area contributed by atoms with Gasteiger partial charge in [-0.25, -0.2) is 0 Å². The zero-order valence-electron chi connectivity index (χ0n) is 25.9. The van der Waals surface area contributed by atoms with Gasteiger partial charge >= 0.3 is 26.2 Å². The largest absolute Gasteiger partial charge is 2.00 e.